The average molecular weight is 262 g/mol. The minimum atomic E-state index is -1.16. The number of hydrogen-bond acceptors (Lipinski definition) is 8. The lowest BCUT2D eigenvalue weighted by Crippen LogP contribution is -2.38. The zero-order valence-electron chi connectivity index (χ0n) is 9.91. The molecule has 10 heteroatoms. The van der Waals surface area contributed by atoms with Gasteiger partial charge < -0.3 is 20.1 Å². The van der Waals surface area contributed by atoms with Crippen molar-refractivity contribution >= 4 is 0 Å². The van der Waals surface area contributed by atoms with E-state index < -0.39 is 28.1 Å². The van der Waals surface area contributed by atoms with Crippen LogP contribution in [0.1, 0.15) is 13.8 Å². The molecule has 1 fully saturated rings. The van der Waals surface area contributed by atoms with Gasteiger partial charge in [-0.2, -0.15) is 0 Å². The van der Waals surface area contributed by atoms with Crippen molar-refractivity contribution in [2.24, 2.45) is 0 Å². The zero-order valence-corrected chi connectivity index (χ0v) is 9.91. The van der Waals surface area contributed by atoms with E-state index >= 15 is 0 Å². The minimum Gasteiger partial charge on any atom is -0.354 e. The highest BCUT2D eigenvalue weighted by Crippen LogP contribution is 2.14. The zero-order chi connectivity index (χ0) is 13.7. The van der Waals surface area contributed by atoms with Gasteiger partial charge in [0.2, 0.25) is 0 Å². The fourth-order valence-corrected chi connectivity index (χ4v) is 1.47. The Hall–Kier alpha value is -1.94. The highest BCUT2D eigenvalue weighted by molar-refractivity contribution is 5.06. The quantitative estimate of drug-likeness (QED) is 0.488. The van der Waals surface area contributed by atoms with Crippen LogP contribution in [0.4, 0.5) is 0 Å². The highest BCUT2D eigenvalue weighted by atomic mass is 16.7. The molecule has 1 aliphatic rings. The van der Waals surface area contributed by atoms with Crippen molar-refractivity contribution in [3.05, 3.63) is 31.9 Å². The van der Waals surface area contributed by atoms with E-state index in [9.17, 15) is 20.2 Å². The van der Waals surface area contributed by atoms with Crippen LogP contribution < -0.4 is 10.6 Å². The van der Waals surface area contributed by atoms with Crippen LogP contribution >= 0.6 is 0 Å². The van der Waals surface area contributed by atoms with Gasteiger partial charge in [-0.1, -0.05) is 0 Å². The van der Waals surface area contributed by atoms with E-state index in [1.54, 1.807) is 13.8 Å². The summed E-state index contributed by atoms with van der Waals surface area (Å²) in [5.74, 6) is -1.48. The predicted octanol–water partition coefficient (Wildman–Crippen LogP) is -0.416. The van der Waals surface area contributed by atoms with E-state index in [-0.39, 0.29) is 5.82 Å². The standard InChI is InChI=1S/C8H14N4O6/c1-3-17-6-7(18-4-2)10-5(9-6)8(11(13)14)12(15)16/h6-7,9-10H,3-4H2,1-2H3. The number of ether oxygens (including phenoxy) is 2. The first-order valence-electron chi connectivity index (χ1n) is 5.30. The Morgan fingerprint density at radius 3 is 1.78 bits per heavy atom. The van der Waals surface area contributed by atoms with Gasteiger partial charge >= 0.3 is 5.82 Å². The van der Waals surface area contributed by atoms with Crippen LogP contribution in [0.5, 0.6) is 0 Å². The molecule has 18 heavy (non-hydrogen) atoms. The van der Waals surface area contributed by atoms with E-state index in [1.165, 1.54) is 0 Å². The van der Waals surface area contributed by atoms with Gasteiger partial charge in [-0.25, -0.2) is 0 Å². The van der Waals surface area contributed by atoms with Crippen LogP contribution in [0.2, 0.25) is 0 Å². The Kier molecular flexibility index (Phi) is 4.80. The molecular formula is C8H14N4O6. The van der Waals surface area contributed by atoms with Gasteiger partial charge in [0.05, 0.1) is 0 Å². The molecule has 0 aromatic rings. The van der Waals surface area contributed by atoms with Crippen molar-refractivity contribution in [1.29, 1.82) is 0 Å². The van der Waals surface area contributed by atoms with E-state index in [0.717, 1.165) is 0 Å². The van der Waals surface area contributed by atoms with Gasteiger partial charge in [0.1, 0.15) is 9.85 Å². The van der Waals surface area contributed by atoms with Crippen LogP contribution in [-0.2, 0) is 9.47 Å². The summed E-state index contributed by atoms with van der Waals surface area (Å²) < 4.78 is 10.5. The maximum atomic E-state index is 10.6. The van der Waals surface area contributed by atoms with E-state index in [0.29, 0.717) is 13.2 Å². The topological polar surface area (TPSA) is 129 Å². The second kappa shape index (κ2) is 6.12. The third kappa shape index (κ3) is 3.05. The van der Waals surface area contributed by atoms with Crippen LogP contribution in [0, 0.1) is 20.2 Å². The Morgan fingerprint density at radius 2 is 1.50 bits per heavy atom. The van der Waals surface area contributed by atoms with Crippen molar-refractivity contribution in [3.63, 3.8) is 0 Å². The lowest BCUT2D eigenvalue weighted by molar-refractivity contribution is -0.618. The predicted molar refractivity (Wildman–Crippen MR) is 58.1 cm³/mol. The summed E-state index contributed by atoms with van der Waals surface area (Å²) in [6.07, 6.45) is -1.42. The van der Waals surface area contributed by atoms with E-state index in [2.05, 4.69) is 10.6 Å². The Bertz CT molecular complexity index is 339. The number of nitrogens with one attached hydrogen (secondary N) is 2. The summed E-state index contributed by atoms with van der Waals surface area (Å²) in [5, 5.41) is 26.3. The van der Waals surface area contributed by atoms with Crippen molar-refractivity contribution in [1.82, 2.24) is 10.6 Å². The first-order chi connectivity index (χ1) is 8.51. The molecule has 2 atom stereocenters. The maximum absolute atomic E-state index is 10.6. The highest BCUT2D eigenvalue weighted by Gasteiger charge is 2.42. The maximum Gasteiger partial charge on any atom is 0.599 e. The molecule has 0 saturated carbocycles. The second-order valence-corrected chi connectivity index (χ2v) is 3.25. The van der Waals surface area contributed by atoms with Crippen molar-refractivity contribution < 1.29 is 19.3 Å². The van der Waals surface area contributed by atoms with Gasteiger partial charge in [0.25, 0.3) is 5.82 Å². The Morgan fingerprint density at radius 1 is 1.11 bits per heavy atom. The summed E-state index contributed by atoms with van der Waals surface area (Å²) in [5.41, 5.74) is 0. The Labute approximate surface area is 102 Å². The van der Waals surface area contributed by atoms with Crippen molar-refractivity contribution in [2.75, 3.05) is 13.2 Å². The number of rotatable bonds is 6. The molecule has 0 aromatic carbocycles. The molecule has 0 aliphatic carbocycles. The molecule has 0 spiro atoms. The number of nitro groups is 2. The molecule has 1 heterocycles. The molecular weight excluding hydrogens is 248 g/mol. The van der Waals surface area contributed by atoms with Crippen molar-refractivity contribution in [3.8, 4) is 0 Å². The summed E-state index contributed by atoms with van der Waals surface area (Å²) >= 11 is 0. The van der Waals surface area contributed by atoms with E-state index in [4.69, 9.17) is 9.47 Å². The summed E-state index contributed by atoms with van der Waals surface area (Å²) in [6, 6.07) is 0. The van der Waals surface area contributed by atoms with Gasteiger partial charge in [0.15, 0.2) is 12.5 Å². The number of nitrogens with zero attached hydrogens (tertiary/aromatic N) is 2. The summed E-state index contributed by atoms with van der Waals surface area (Å²) in [7, 11) is 0. The third-order valence-corrected chi connectivity index (χ3v) is 2.11. The molecule has 2 unspecified atom stereocenters. The summed E-state index contributed by atoms with van der Waals surface area (Å²) in [4.78, 5) is 19.0. The molecule has 1 rings (SSSR count). The molecule has 10 nitrogen and oxygen atoms in total. The second-order valence-electron chi connectivity index (χ2n) is 3.25. The Balaban J connectivity index is 2.96. The average Bonchev–Trinajstić information content (AvgIpc) is 2.61. The monoisotopic (exact) mass is 262 g/mol. The molecule has 0 bridgehead atoms. The normalized spacial score (nSPS) is 22.2. The van der Waals surface area contributed by atoms with Crippen LogP contribution in [-0.4, -0.2) is 35.5 Å². The van der Waals surface area contributed by atoms with Gasteiger partial charge in [-0.05, 0) is 13.8 Å². The van der Waals surface area contributed by atoms with Crippen LogP contribution in [0.15, 0.2) is 11.6 Å². The largest absolute Gasteiger partial charge is 0.599 e. The first kappa shape index (κ1) is 14.1. The molecule has 1 aliphatic heterocycles. The molecule has 1 saturated heterocycles. The molecule has 0 radical (unpaired) electrons. The van der Waals surface area contributed by atoms with Crippen molar-refractivity contribution in [2.45, 2.75) is 26.3 Å². The fourth-order valence-electron chi connectivity index (χ4n) is 1.47. The fraction of sp³-hybridized carbons (Fsp3) is 0.750. The van der Waals surface area contributed by atoms with Gasteiger partial charge in [0, 0.05) is 13.2 Å². The lowest BCUT2D eigenvalue weighted by atomic mass is 10.5. The number of hydrogen-bond donors (Lipinski definition) is 2. The van der Waals surface area contributed by atoms with Crippen LogP contribution in [0.3, 0.4) is 0 Å². The molecule has 0 aromatic heterocycles. The minimum absolute atomic E-state index is 0.318. The molecule has 0 amide bonds. The van der Waals surface area contributed by atoms with Gasteiger partial charge in [-0.15, -0.1) is 0 Å². The SMILES string of the molecule is CCOC1NC(=C([N+](=O)[O-])[N+](=O)[O-])NC1OCC. The third-order valence-electron chi connectivity index (χ3n) is 2.11. The summed E-state index contributed by atoms with van der Waals surface area (Å²) in [6.45, 7) is 4.13. The van der Waals surface area contributed by atoms with Crippen LogP contribution in [0.25, 0.3) is 0 Å². The smallest absolute Gasteiger partial charge is 0.354 e. The lowest BCUT2D eigenvalue weighted by Gasteiger charge is -2.17. The van der Waals surface area contributed by atoms with Gasteiger partial charge in [-0.3, -0.25) is 20.2 Å². The molecule has 102 valence electrons. The first-order valence-corrected chi connectivity index (χ1v) is 5.30. The van der Waals surface area contributed by atoms with E-state index in [1.807, 2.05) is 0 Å². The molecule has 2 N–H and O–H groups in total.